The summed E-state index contributed by atoms with van der Waals surface area (Å²) in [6.07, 6.45) is 0.233. The number of benzene rings is 2. The van der Waals surface area contributed by atoms with E-state index < -0.39 is 0 Å². The Morgan fingerprint density at radius 2 is 1.74 bits per heavy atom. The number of amides is 1. The van der Waals surface area contributed by atoms with E-state index in [-0.39, 0.29) is 28.9 Å². The minimum absolute atomic E-state index is 0.136. The molecule has 4 rings (SSSR count). The summed E-state index contributed by atoms with van der Waals surface area (Å²) in [5.74, 6) is 0.569. The number of carbonyl (C=O) groups excluding carboxylic acids is 1. The predicted octanol–water partition coefficient (Wildman–Crippen LogP) is 3.79. The van der Waals surface area contributed by atoms with Crippen LogP contribution in [-0.4, -0.2) is 17.6 Å². The molecule has 2 heterocycles. The fourth-order valence-corrected chi connectivity index (χ4v) is 4.48. The topological polar surface area (TPSA) is 51.5 Å². The van der Waals surface area contributed by atoms with Gasteiger partial charge in [0, 0.05) is 19.4 Å². The van der Waals surface area contributed by atoms with Crippen LogP contribution < -0.4 is 14.5 Å². The minimum atomic E-state index is -0.376. The van der Waals surface area contributed by atoms with Gasteiger partial charge in [-0.05, 0) is 42.0 Å². The lowest BCUT2D eigenvalue weighted by atomic mass is 9.90. The second kappa shape index (κ2) is 6.66. The van der Waals surface area contributed by atoms with Crippen molar-refractivity contribution in [1.82, 2.24) is 4.57 Å². The predicted molar refractivity (Wildman–Crippen MR) is 103 cm³/mol. The number of carbonyl (C=O) groups is 1. The summed E-state index contributed by atoms with van der Waals surface area (Å²) in [6.45, 7) is 0. The third-order valence-corrected chi connectivity index (χ3v) is 5.90. The molecular weight excluding hydrogens is 367 g/mol. The Hall–Kier alpha value is -2.93. The van der Waals surface area contributed by atoms with Crippen LogP contribution in [0.3, 0.4) is 0 Å². The largest absolute Gasteiger partial charge is 0.497 e. The molecule has 0 spiro atoms. The van der Waals surface area contributed by atoms with Gasteiger partial charge >= 0.3 is 4.87 Å². The van der Waals surface area contributed by atoms with Crippen molar-refractivity contribution < 1.29 is 13.9 Å². The minimum Gasteiger partial charge on any atom is -0.497 e. The third kappa shape index (κ3) is 2.94. The fraction of sp³-hybridized carbons (Fsp3) is 0.200. The number of hydrogen-bond donors (Lipinski definition) is 0. The summed E-state index contributed by atoms with van der Waals surface area (Å²) in [4.78, 5) is 27.6. The maximum Gasteiger partial charge on any atom is 0.308 e. The number of fused-ring (bicyclic) bond motifs is 1. The number of anilines is 2. The fourth-order valence-electron chi connectivity index (χ4n) is 3.39. The summed E-state index contributed by atoms with van der Waals surface area (Å²) in [5, 5.41) is 0. The number of aromatic nitrogens is 1. The molecule has 1 unspecified atom stereocenters. The zero-order valence-corrected chi connectivity index (χ0v) is 15.6. The summed E-state index contributed by atoms with van der Waals surface area (Å²) in [6, 6.07) is 13.2. The highest BCUT2D eigenvalue weighted by Crippen LogP contribution is 2.44. The molecule has 1 aliphatic heterocycles. The number of halogens is 1. The van der Waals surface area contributed by atoms with Crippen molar-refractivity contribution >= 4 is 28.7 Å². The summed E-state index contributed by atoms with van der Waals surface area (Å²) in [5.41, 5.74) is 1.50. The molecule has 1 aromatic heterocycles. The van der Waals surface area contributed by atoms with Gasteiger partial charge in [0.15, 0.2) is 0 Å². The molecule has 0 bridgehead atoms. The Labute approximate surface area is 159 Å². The van der Waals surface area contributed by atoms with Crippen molar-refractivity contribution in [1.29, 1.82) is 0 Å². The van der Waals surface area contributed by atoms with E-state index in [9.17, 15) is 14.0 Å². The molecule has 1 amide bonds. The Bertz CT molecular complexity index is 1050. The lowest BCUT2D eigenvalue weighted by Crippen LogP contribution is -2.34. The van der Waals surface area contributed by atoms with Gasteiger partial charge in [0.25, 0.3) is 0 Å². The number of methoxy groups -OCH3 is 1. The lowest BCUT2D eigenvalue weighted by Gasteiger charge is -2.32. The standard InChI is InChI=1S/C20H17FN2O3S/c1-22-19-18(27-20(22)25)16(12-3-9-15(26-2)10-4-12)11-17(24)23(19)14-7-5-13(21)6-8-14/h3-10,16H,11H2,1-2H3. The van der Waals surface area contributed by atoms with Crippen LogP contribution in [0.15, 0.2) is 53.3 Å². The van der Waals surface area contributed by atoms with Crippen molar-refractivity contribution in [3.05, 3.63) is 74.5 Å². The molecule has 27 heavy (non-hydrogen) atoms. The molecule has 0 N–H and O–H groups in total. The smallest absolute Gasteiger partial charge is 0.308 e. The average molecular weight is 384 g/mol. The molecule has 0 saturated carbocycles. The highest BCUT2D eigenvalue weighted by atomic mass is 32.1. The van der Waals surface area contributed by atoms with Crippen molar-refractivity contribution in [2.75, 3.05) is 12.0 Å². The first-order valence-electron chi connectivity index (χ1n) is 8.41. The van der Waals surface area contributed by atoms with Crippen molar-refractivity contribution in [2.24, 2.45) is 7.05 Å². The number of thiazole rings is 1. The maximum atomic E-state index is 13.3. The van der Waals surface area contributed by atoms with Gasteiger partial charge in [-0.3, -0.25) is 19.1 Å². The average Bonchev–Trinajstić information content (AvgIpc) is 2.97. The normalized spacial score (nSPS) is 16.3. The Kier molecular flexibility index (Phi) is 4.31. The van der Waals surface area contributed by atoms with Crippen molar-refractivity contribution in [2.45, 2.75) is 12.3 Å². The molecular formula is C20H17FN2O3S. The van der Waals surface area contributed by atoms with E-state index in [1.807, 2.05) is 24.3 Å². The van der Waals surface area contributed by atoms with Gasteiger partial charge in [-0.2, -0.15) is 0 Å². The van der Waals surface area contributed by atoms with Gasteiger partial charge in [0.2, 0.25) is 5.91 Å². The van der Waals surface area contributed by atoms with Crippen LogP contribution in [0.2, 0.25) is 0 Å². The van der Waals surface area contributed by atoms with E-state index in [2.05, 4.69) is 0 Å². The summed E-state index contributed by atoms with van der Waals surface area (Å²) < 4.78 is 20.0. The zero-order valence-electron chi connectivity index (χ0n) is 14.8. The Morgan fingerprint density at radius 1 is 1.07 bits per heavy atom. The Morgan fingerprint density at radius 3 is 2.37 bits per heavy atom. The third-order valence-electron chi connectivity index (χ3n) is 4.77. The second-order valence-corrected chi connectivity index (χ2v) is 7.34. The first kappa shape index (κ1) is 17.5. The highest BCUT2D eigenvalue weighted by Gasteiger charge is 2.37. The first-order chi connectivity index (χ1) is 13.0. The van der Waals surface area contributed by atoms with Gasteiger partial charge in [0.05, 0.1) is 17.7 Å². The summed E-state index contributed by atoms with van der Waals surface area (Å²) >= 11 is 1.14. The zero-order chi connectivity index (χ0) is 19.1. The van der Waals surface area contributed by atoms with Crippen LogP contribution >= 0.6 is 11.3 Å². The van der Waals surface area contributed by atoms with E-state index in [4.69, 9.17) is 4.74 Å². The number of rotatable bonds is 3. The molecule has 1 aliphatic rings. The molecule has 0 fully saturated rings. The van der Waals surface area contributed by atoms with Crippen LogP contribution in [0.1, 0.15) is 22.8 Å². The van der Waals surface area contributed by atoms with Crippen LogP contribution in [0.25, 0.3) is 0 Å². The van der Waals surface area contributed by atoms with E-state index in [0.717, 1.165) is 27.5 Å². The number of ether oxygens (including phenoxy) is 1. The van der Waals surface area contributed by atoms with E-state index in [1.165, 1.54) is 21.6 Å². The summed E-state index contributed by atoms with van der Waals surface area (Å²) in [7, 11) is 3.25. The number of hydrogen-bond acceptors (Lipinski definition) is 4. The van der Waals surface area contributed by atoms with Gasteiger partial charge in [0.1, 0.15) is 17.4 Å². The highest BCUT2D eigenvalue weighted by molar-refractivity contribution is 7.10. The number of nitrogens with zero attached hydrogens (tertiary/aromatic N) is 2. The van der Waals surface area contributed by atoms with Crippen LogP contribution in [0.4, 0.5) is 15.9 Å². The van der Waals surface area contributed by atoms with Crippen LogP contribution in [-0.2, 0) is 11.8 Å². The Balaban J connectivity index is 1.85. The van der Waals surface area contributed by atoms with Crippen molar-refractivity contribution in [3.8, 4) is 5.75 Å². The van der Waals surface area contributed by atoms with Crippen LogP contribution in [0, 0.1) is 5.82 Å². The van der Waals surface area contributed by atoms with E-state index >= 15 is 0 Å². The lowest BCUT2D eigenvalue weighted by molar-refractivity contribution is -0.118. The molecule has 0 aliphatic carbocycles. The first-order valence-corrected chi connectivity index (χ1v) is 9.23. The quantitative estimate of drug-likeness (QED) is 0.690. The van der Waals surface area contributed by atoms with Crippen molar-refractivity contribution in [3.63, 3.8) is 0 Å². The molecule has 2 aromatic carbocycles. The second-order valence-electron chi connectivity index (χ2n) is 6.35. The molecule has 5 nitrogen and oxygen atoms in total. The molecule has 3 aromatic rings. The van der Waals surface area contributed by atoms with Gasteiger partial charge in [-0.25, -0.2) is 4.39 Å². The molecule has 1 atom stereocenters. The molecule has 0 radical (unpaired) electrons. The van der Waals surface area contributed by atoms with Crippen LogP contribution in [0.5, 0.6) is 5.75 Å². The van der Waals surface area contributed by atoms with Gasteiger partial charge in [-0.15, -0.1) is 0 Å². The maximum absolute atomic E-state index is 13.3. The molecule has 138 valence electrons. The van der Waals surface area contributed by atoms with Gasteiger partial charge < -0.3 is 4.74 Å². The SMILES string of the molecule is COc1ccc(C2CC(=O)N(c3ccc(F)cc3)c3c2sc(=O)n3C)cc1. The van der Waals surface area contributed by atoms with E-state index in [0.29, 0.717) is 11.5 Å². The van der Waals surface area contributed by atoms with E-state index in [1.54, 1.807) is 26.3 Å². The van der Waals surface area contributed by atoms with Gasteiger partial charge in [-0.1, -0.05) is 23.5 Å². The monoisotopic (exact) mass is 384 g/mol. The molecule has 0 saturated heterocycles. The molecule has 7 heteroatoms.